The number of halogens is 3. The minimum atomic E-state index is -4.99. The topological polar surface area (TPSA) is 35.5 Å². The standard InChI is InChI=1S/C29H41F3O3/c1-4-6-8-10-12-19-24(20-13-11-9-7-5-2)35-27(33)28(34-3,29(30,31)32)26-22-16-18-23-17-14-15-21-25(23)26/h14-18,21-22,24H,4-13,19-20H2,1-3H3/t28-/m0/s1. The van der Waals surface area contributed by atoms with Gasteiger partial charge in [0.05, 0.1) is 0 Å². The van der Waals surface area contributed by atoms with E-state index in [1.165, 1.54) is 12.1 Å². The van der Waals surface area contributed by atoms with E-state index in [2.05, 4.69) is 13.8 Å². The Bertz CT molecular complexity index is 877. The predicted molar refractivity (Wildman–Crippen MR) is 135 cm³/mol. The van der Waals surface area contributed by atoms with Crippen LogP contribution in [0.15, 0.2) is 42.5 Å². The average molecular weight is 495 g/mol. The van der Waals surface area contributed by atoms with Crippen molar-refractivity contribution in [2.24, 2.45) is 0 Å². The van der Waals surface area contributed by atoms with E-state index in [9.17, 15) is 18.0 Å². The largest absolute Gasteiger partial charge is 0.460 e. The van der Waals surface area contributed by atoms with Crippen molar-refractivity contribution in [1.82, 2.24) is 0 Å². The summed E-state index contributed by atoms with van der Waals surface area (Å²) in [6.45, 7) is 4.27. The zero-order chi connectivity index (χ0) is 25.7. The number of benzene rings is 2. The van der Waals surface area contributed by atoms with Crippen LogP contribution < -0.4 is 0 Å². The van der Waals surface area contributed by atoms with Gasteiger partial charge in [-0.25, -0.2) is 4.79 Å². The molecule has 0 bridgehead atoms. The molecule has 0 fully saturated rings. The van der Waals surface area contributed by atoms with Gasteiger partial charge in [-0.3, -0.25) is 0 Å². The molecule has 0 heterocycles. The SMILES string of the molecule is CCCCCCCC(CCCCCCC)OC(=O)[C@@](OC)(c1cccc2ccccc12)C(F)(F)F. The lowest BCUT2D eigenvalue weighted by Gasteiger charge is -2.34. The highest BCUT2D eigenvalue weighted by Gasteiger charge is 2.64. The molecule has 3 nitrogen and oxygen atoms in total. The number of alkyl halides is 3. The molecule has 0 N–H and O–H groups in total. The molecule has 0 amide bonds. The summed E-state index contributed by atoms with van der Waals surface area (Å²) in [6.07, 6.45) is 5.84. The molecule has 6 heteroatoms. The van der Waals surface area contributed by atoms with Gasteiger partial charge in [-0.2, -0.15) is 13.2 Å². The van der Waals surface area contributed by atoms with E-state index < -0.39 is 23.9 Å². The lowest BCUT2D eigenvalue weighted by Crippen LogP contribution is -2.52. The lowest BCUT2D eigenvalue weighted by molar-refractivity contribution is -0.278. The highest BCUT2D eigenvalue weighted by molar-refractivity contribution is 5.93. The number of methoxy groups -OCH3 is 1. The summed E-state index contributed by atoms with van der Waals surface area (Å²) < 4.78 is 54.7. The first-order chi connectivity index (χ1) is 16.8. The van der Waals surface area contributed by atoms with Crippen molar-refractivity contribution < 1.29 is 27.4 Å². The van der Waals surface area contributed by atoms with Crippen molar-refractivity contribution in [3.05, 3.63) is 48.0 Å². The van der Waals surface area contributed by atoms with Crippen molar-refractivity contribution in [3.8, 4) is 0 Å². The maximum absolute atomic E-state index is 14.6. The Kier molecular flexibility index (Phi) is 12.1. The molecular weight excluding hydrogens is 453 g/mol. The molecule has 2 aromatic carbocycles. The molecule has 0 saturated carbocycles. The number of hydrogen-bond acceptors (Lipinski definition) is 3. The molecule has 35 heavy (non-hydrogen) atoms. The van der Waals surface area contributed by atoms with Crippen LogP contribution in [0, 0.1) is 0 Å². The van der Waals surface area contributed by atoms with Crippen molar-refractivity contribution >= 4 is 16.7 Å². The van der Waals surface area contributed by atoms with Crippen molar-refractivity contribution in [1.29, 1.82) is 0 Å². The lowest BCUT2D eigenvalue weighted by atomic mass is 9.88. The van der Waals surface area contributed by atoms with E-state index in [-0.39, 0.29) is 5.56 Å². The number of unbranched alkanes of at least 4 members (excludes halogenated alkanes) is 8. The Labute approximate surface area is 208 Å². The zero-order valence-corrected chi connectivity index (χ0v) is 21.5. The number of rotatable bonds is 16. The second kappa shape index (κ2) is 14.5. The number of fused-ring (bicyclic) bond motifs is 1. The van der Waals surface area contributed by atoms with Crippen LogP contribution in [-0.2, 0) is 19.9 Å². The highest BCUT2D eigenvalue weighted by atomic mass is 19.4. The third kappa shape index (κ3) is 7.70. The molecule has 0 saturated heterocycles. The van der Waals surface area contributed by atoms with E-state index >= 15 is 0 Å². The normalized spacial score (nSPS) is 13.8. The van der Waals surface area contributed by atoms with Crippen LogP contribution in [-0.4, -0.2) is 25.4 Å². The summed E-state index contributed by atoms with van der Waals surface area (Å²) in [7, 11) is 0.932. The molecule has 2 rings (SSSR count). The van der Waals surface area contributed by atoms with Gasteiger partial charge in [-0.1, -0.05) is 108 Å². The molecule has 0 aromatic heterocycles. The van der Waals surface area contributed by atoms with Crippen LogP contribution in [0.4, 0.5) is 13.2 Å². The van der Waals surface area contributed by atoms with Gasteiger partial charge in [0.2, 0.25) is 0 Å². The van der Waals surface area contributed by atoms with E-state index in [1.54, 1.807) is 30.3 Å². The summed E-state index contributed by atoms with van der Waals surface area (Å²) in [4.78, 5) is 13.4. The van der Waals surface area contributed by atoms with E-state index in [0.29, 0.717) is 23.6 Å². The minimum Gasteiger partial charge on any atom is -0.460 e. The Morgan fingerprint density at radius 2 is 1.34 bits per heavy atom. The van der Waals surface area contributed by atoms with Gasteiger partial charge in [0, 0.05) is 12.7 Å². The summed E-state index contributed by atoms with van der Waals surface area (Å²) in [5.41, 5.74) is -3.42. The van der Waals surface area contributed by atoms with Crippen molar-refractivity contribution in [3.63, 3.8) is 0 Å². The van der Waals surface area contributed by atoms with Gasteiger partial charge in [-0.15, -0.1) is 0 Å². The second-order valence-corrected chi connectivity index (χ2v) is 9.34. The maximum atomic E-state index is 14.6. The van der Waals surface area contributed by atoms with Gasteiger partial charge in [-0.05, 0) is 36.5 Å². The molecule has 0 unspecified atom stereocenters. The third-order valence-corrected chi connectivity index (χ3v) is 6.69. The predicted octanol–water partition coefficient (Wildman–Crippen LogP) is 8.88. The van der Waals surface area contributed by atoms with Gasteiger partial charge >= 0.3 is 12.1 Å². The molecule has 0 spiro atoms. The highest BCUT2D eigenvalue weighted by Crippen LogP contribution is 2.45. The summed E-state index contributed by atoms with van der Waals surface area (Å²) in [5.74, 6) is -1.38. The Hall–Kier alpha value is -2.08. The number of ether oxygens (including phenoxy) is 2. The molecule has 0 aliphatic rings. The average Bonchev–Trinajstić information content (AvgIpc) is 2.83. The van der Waals surface area contributed by atoms with Gasteiger partial charge in [0.1, 0.15) is 6.10 Å². The van der Waals surface area contributed by atoms with Crippen LogP contribution in [0.25, 0.3) is 10.8 Å². The summed E-state index contributed by atoms with van der Waals surface area (Å²) >= 11 is 0. The zero-order valence-electron chi connectivity index (χ0n) is 21.5. The van der Waals surface area contributed by atoms with Gasteiger partial charge in [0.25, 0.3) is 5.60 Å². The Balaban J connectivity index is 2.31. The van der Waals surface area contributed by atoms with Gasteiger partial charge in [0.15, 0.2) is 0 Å². The fourth-order valence-electron chi connectivity index (χ4n) is 4.67. The fourth-order valence-corrected chi connectivity index (χ4v) is 4.67. The van der Waals surface area contributed by atoms with Crippen LogP contribution >= 0.6 is 0 Å². The second-order valence-electron chi connectivity index (χ2n) is 9.34. The minimum absolute atomic E-state index is 0.236. The van der Waals surface area contributed by atoms with Crippen LogP contribution in [0.1, 0.15) is 96.5 Å². The molecule has 0 aliphatic carbocycles. The van der Waals surface area contributed by atoms with E-state index in [0.717, 1.165) is 71.3 Å². The maximum Gasteiger partial charge on any atom is 0.432 e. The quantitative estimate of drug-likeness (QED) is 0.173. The molecule has 0 aliphatic heterocycles. The summed E-state index contributed by atoms with van der Waals surface area (Å²) in [5, 5.41) is 0.925. The fraction of sp³-hybridized carbons (Fsp3) is 0.621. The Morgan fingerprint density at radius 3 is 1.89 bits per heavy atom. The van der Waals surface area contributed by atoms with E-state index in [1.807, 2.05) is 0 Å². The first kappa shape index (κ1) is 29.2. The van der Waals surface area contributed by atoms with Crippen LogP contribution in [0.2, 0.25) is 0 Å². The smallest absolute Gasteiger partial charge is 0.432 e. The van der Waals surface area contributed by atoms with Crippen molar-refractivity contribution in [2.75, 3.05) is 7.11 Å². The van der Waals surface area contributed by atoms with Crippen molar-refractivity contribution in [2.45, 2.75) is 109 Å². The Morgan fingerprint density at radius 1 is 0.800 bits per heavy atom. The van der Waals surface area contributed by atoms with E-state index in [4.69, 9.17) is 9.47 Å². The number of carbonyl (C=O) groups is 1. The molecule has 1 atom stereocenters. The van der Waals surface area contributed by atoms with Gasteiger partial charge < -0.3 is 9.47 Å². The third-order valence-electron chi connectivity index (χ3n) is 6.69. The number of hydrogen-bond donors (Lipinski definition) is 0. The summed E-state index contributed by atoms with van der Waals surface area (Å²) in [6, 6.07) is 11.3. The monoisotopic (exact) mass is 494 g/mol. The van der Waals surface area contributed by atoms with Crippen LogP contribution in [0.3, 0.4) is 0 Å². The number of carbonyl (C=O) groups excluding carboxylic acids is 1. The first-order valence-corrected chi connectivity index (χ1v) is 13.1. The molecular formula is C29H41F3O3. The number of esters is 1. The molecule has 2 aromatic rings. The molecule has 196 valence electrons. The van der Waals surface area contributed by atoms with Crippen LogP contribution in [0.5, 0.6) is 0 Å². The molecule has 0 radical (unpaired) electrons. The first-order valence-electron chi connectivity index (χ1n) is 13.1.